The van der Waals surface area contributed by atoms with Crippen LogP contribution in [0.2, 0.25) is 0 Å². The molecule has 0 aromatic carbocycles. The van der Waals surface area contributed by atoms with E-state index in [2.05, 4.69) is 42.0 Å². The molecule has 0 aromatic heterocycles. The van der Waals surface area contributed by atoms with Gasteiger partial charge in [-0.3, -0.25) is 0 Å². The molecule has 0 aliphatic heterocycles. The summed E-state index contributed by atoms with van der Waals surface area (Å²) >= 11 is 0. The van der Waals surface area contributed by atoms with Crippen LogP contribution >= 0.6 is 0 Å². The molecule has 0 amide bonds. The van der Waals surface area contributed by atoms with Gasteiger partial charge in [0, 0.05) is 0 Å². The third kappa shape index (κ3) is 40.9. The highest BCUT2D eigenvalue weighted by Gasteiger charge is 2.26. The lowest BCUT2D eigenvalue weighted by Gasteiger charge is -2.36. The molecule has 0 fully saturated rings. The molecule has 0 spiro atoms. The van der Waals surface area contributed by atoms with Gasteiger partial charge in [-0.1, -0.05) is 194 Å². The van der Waals surface area contributed by atoms with Crippen LogP contribution in [0.25, 0.3) is 0 Å². The molecule has 1 N–H and O–H groups in total. The summed E-state index contributed by atoms with van der Waals surface area (Å²) in [7, 11) is 9.29. The Morgan fingerprint density at radius 2 is 0.479 bits per heavy atom. The Balaban J connectivity index is -0.0000101. The zero-order valence-electron chi connectivity index (χ0n) is 34.1. The summed E-state index contributed by atoms with van der Waals surface area (Å²) in [5.41, 5.74) is 0. The molecule has 0 atom stereocenters. The number of halogens is 2. The lowest BCUT2D eigenvalue weighted by atomic mass is 10.0. The lowest BCUT2D eigenvalue weighted by Crippen LogP contribution is -3.00. The second kappa shape index (κ2) is 38.7. The highest BCUT2D eigenvalue weighted by Crippen LogP contribution is 2.16. The molecule has 0 aliphatic rings. The van der Waals surface area contributed by atoms with E-state index in [4.69, 9.17) is 0 Å². The van der Waals surface area contributed by atoms with Crippen LogP contribution in [-0.2, 0) is 0 Å². The van der Waals surface area contributed by atoms with E-state index in [-0.39, 0.29) is 30.9 Å². The van der Waals surface area contributed by atoms with Gasteiger partial charge in [0.15, 0.2) is 6.10 Å². The first-order valence-corrected chi connectivity index (χ1v) is 21.5. The van der Waals surface area contributed by atoms with Crippen molar-refractivity contribution in [2.24, 2.45) is 0 Å². The molecule has 0 radical (unpaired) electrons. The maximum atomic E-state index is 11.0. The van der Waals surface area contributed by atoms with Crippen LogP contribution in [0.1, 0.15) is 219 Å². The molecule has 0 bridgehead atoms. The van der Waals surface area contributed by atoms with Crippen LogP contribution in [0.3, 0.4) is 0 Å². The molecular formula is C43H92Cl2N2O. The predicted molar refractivity (Wildman–Crippen MR) is 209 cm³/mol. The fourth-order valence-electron chi connectivity index (χ4n) is 7.56. The molecule has 0 heterocycles. The van der Waals surface area contributed by atoms with Crippen molar-refractivity contribution in [3.63, 3.8) is 0 Å². The first-order valence-electron chi connectivity index (χ1n) is 21.5. The van der Waals surface area contributed by atoms with Crippen molar-refractivity contribution in [3.05, 3.63) is 0 Å². The van der Waals surface area contributed by atoms with E-state index in [1.807, 2.05) is 0 Å². The number of aliphatic hydroxyl groups excluding tert-OH is 1. The van der Waals surface area contributed by atoms with E-state index < -0.39 is 0 Å². The van der Waals surface area contributed by atoms with Gasteiger partial charge in [0.25, 0.3) is 0 Å². The molecule has 5 heteroatoms. The van der Waals surface area contributed by atoms with Crippen molar-refractivity contribution in [1.82, 2.24) is 0 Å². The van der Waals surface area contributed by atoms with E-state index in [0.717, 1.165) is 22.1 Å². The molecular weight excluding hydrogens is 631 g/mol. The standard InChI is InChI=1S/C43H92N2O.2ClH/c1-7-9-11-13-15-17-19-21-23-25-27-29-31-33-35-37-39-44(3,4)41-43(46)42-45(5,6)40-38-36-34-32-30-28-26-24-22-20-18-16-14-12-10-8-2;;/h43,46H,7-42H2,1-6H3;2*1H/q+2;;/p-2. The maximum absolute atomic E-state index is 11.0. The first-order chi connectivity index (χ1) is 22.2. The van der Waals surface area contributed by atoms with Crippen molar-refractivity contribution in [2.45, 2.75) is 225 Å². The lowest BCUT2D eigenvalue weighted by molar-refractivity contribution is -0.914. The Labute approximate surface area is 317 Å². The van der Waals surface area contributed by atoms with E-state index in [1.54, 1.807) is 0 Å². The summed E-state index contributed by atoms with van der Waals surface area (Å²) in [5, 5.41) is 11.0. The topological polar surface area (TPSA) is 20.2 Å². The van der Waals surface area contributed by atoms with Gasteiger partial charge in [0.2, 0.25) is 0 Å². The minimum Gasteiger partial charge on any atom is -1.00 e. The van der Waals surface area contributed by atoms with Crippen LogP contribution in [0, 0.1) is 0 Å². The third-order valence-corrected chi connectivity index (χ3v) is 10.6. The number of unbranched alkanes of at least 4 members (excludes halogenated alkanes) is 30. The summed E-state index contributed by atoms with van der Waals surface area (Å²) in [6.45, 7) is 8.77. The number of quaternary nitrogens is 2. The van der Waals surface area contributed by atoms with Crippen molar-refractivity contribution in [1.29, 1.82) is 0 Å². The highest BCUT2D eigenvalue weighted by molar-refractivity contribution is 4.56. The van der Waals surface area contributed by atoms with Crippen molar-refractivity contribution in [3.8, 4) is 0 Å². The molecule has 0 aliphatic carbocycles. The summed E-state index contributed by atoms with van der Waals surface area (Å²) in [5.74, 6) is 0. The predicted octanol–water partition coefficient (Wildman–Crippen LogP) is 7.03. The zero-order valence-corrected chi connectivity index (χ0v) is 35.6. The van der Waals surface area contributed by atoms with Crippen molar-refractivity contribution >= 4 is 0 Å². The summed E-state index contributed by atoms with van der Waals surface area (Å²) < 4.78 is 1.91. The second-order valence-electron chi connectivity index (χ2n) is 16.9. The van der Waals surface area contributed by atoms with Gasteiger partial charge in [0.1, 0.15) is 13.1 Å². The Hall–Kier alpha value is 0.460. The monoisotopic (exact) mass is 723 g/mol. The van der Waals surface area contributed by atoms with E-state index in [0.29, 0.717) is 0 Å². The molecule has 48 heavy (non-hydrogen) atoms. The van der Waals surface area contributed by atoms with E-state index in [9.17, 15) is 5.11 Å². The molecule has 0 unspecified atom stereocenters. The number of likely N-dealkylation sites (N-methyl/N-ethyl adjacent to an activating group) is 2. The van der Waals surface area contributed by atoms with Crippen LogP contribution in [0.5, 0.6) is 0 Å². The number of hydrogen-bond acceptors (Lipinski definition) is 1. The summed E-state index contributed by atoms with van der Waals surface area (Å²) in [6.07, 6.45) is 45.4. The first kappa shape index (κ1) is 52.8. The SMILES string of the molecule is CCCCCCCCCCCCCCCCCC[N+](C)(C)CC(O)C[N+](C)(C)CCCCCCCCCCCCCCCCCC.[Cl-].[Cl-]. The van der Waals surface area contributed by atoms with Gasteiger partial charge < -0.3 is 38.9 Å². The van der Waals surface area contributed by atoms with Crippen LogP contribution < -0.4 is 24.8 Å². The molecule has 294 valence electrons. The average molecular weight is 724 g/mol. The average Bonchev–Trinajstić information content (AvgIpc) is 3.00. The van der Waals surface area contributed by atoms with E-state index >= 15 is 0 Å². The zero-order chi connectivity index (χ0) is 34.0. The van der Waals surface area contributed by atoms with Crippen molar-refractivity contribution < 1.29 is 38.9 Å². The Morgan fingerprint density at radius 1 is 0.312 bits per heavy atom. The molecule has 3 nitrogen and oxygen atoms in total. The fourth-order valence-corrected chi connectivity index (χ4v) is 7.56. The minimum atomic E-state index is -0.202. The summed E-state index contributed by atoms with van der Waals surface area (Å²) in [6, 6.07) is 0. The Bertz CT molecular complexity index is 551. The van der Waals surface area contributed by atoms with Gasteiger partial charge in [0.05, 0.1) is 41.3 Å². The Morgan fingerprint density at radius 3 is 0.667 bits per heavy atom. The second-order valence-corrected chi connectivity index (χ2v) is 16.9. The Kier molecular flexibility index (Phi) is 42.6. The third-order valence-electron chi connectivity index (χ3n) is 10.6. The largest absolute Gasteiger partial charge is 1.00 e. The highest BCUT2D eigenvalue weighted by atomic mass is 35.5. The van der Waals surface area contributed by atoms with Gasteiger partial charge in [-0.05, 0) is 25.7 Å². The van der Waals surface area contributed by atoms with Crippen LogP contribution in [0.15, 0.2) is 0 Å². The molecule has 0 saturated heterocycles. The number of nitrogens with zero attached hydrogens (tertiary/aromatic N) is 2. The van der Waals surface area contributed by atoms with Crippen LogP contribution in [-0.4, -0.2) is 74.5 Å². The van der Waals surface area contributed by atoms with E-state index in [1.165, 1.54) is 219 Å². The van der Waals surface area contributed by atoms with Gasteiger partial charge >= 0.3 is 0 Å². The van der Waals surface area contributed by atoms with Gasteiger partial charge in [-0.2, -0.15) is 0 Å². The quantitative estimate of drug-likeness (QED) is 0.0536. The fraction of sp³-hybridized carbons (Fsp3) is 1.00. The molecule has 0 saturated carbocycles. The number of hydrogen-bond donors (Lipinski definition) is 1. The minimum absolute atomic E-state index is 0. The summed E-state index contributed by atoms with van der Waals surface area (Å²) in [4.78, 5) is 0. The van der Waals surface area contributed by atoms with Gasteiger partial charge in [-0.25, -0.2) is 0 Å². The number of rotatable bonds is 38. The molecule has 0 rings (SSSR count). The number of aliphatic hydroxyl groups is 1. The maximum Gasteiger partial charge on any atom is 0.152 e. The van der Waals surface area contributed by atoms with Crippen molar-refractivity contribution in [2.75, 3.05) is 54.4 Å². The normalized spacial score (nSPS) is 12.0. The van der Waals surface area contributed by atoms with Gasteiger partial charge in [-0.15, -0.1) is 0 Å². The smallest absolute Gasteiger partial charge is 0.152 e. The van der Waals surface area contributed by atoms with Crippen LogP contribution in [0.4, 0.5) is 0 Å². The molecule has 0 aromatic rings.